The number of benzene rings is 2. The van der Waals surface area contributed by atoms with E-state index in [1.165, 1.54) is 18.2 Å². The Balaban J connectivity index is 1.85. The summed E-state index contributed by atoms with van der Waals surface area (Å²) < 4.78 is 20.2. The smallest absolute Gasteiger partial charge is 0.282 e. The predicted octanol–water partition coefficient (Wildman–Crippen LogP) is 3.87. The van der Waals surface area contributed by atoms with Gasteiger partial charge in [0.05, 0.1) is 23.5 Å². The van der Waals surface area contributed by atoms with Crippen molar-refractivity contribution in [1.29, 1.82) is 0 Å². The van der Waals surface area contributed by atoms with Gasteiger partial charge in [-0.2, -0.15) is 0 Å². The number of rotatable bonds is 3. The van der Waals surface area contributed by atoms with E-state index < -0.39 is 17.6 Å². The third kappa shape index (κ3) is 3.54. The van der Waals surface area contributed by atoms with Crippen LogP contribution in [0.25, 0.3) is 5.57 Å². The minimum atomic E-state index is -0.630. The zero-order valence-electron chi connectivity index (χ0n) is 16.1. The van der Waals surface area contributed by atoms with Gasteiger partial charge in [-0.15, -0.1) is 0 Å². The molecule has 0 radical (unpaired) electrons. The molecule has 0 aliphatic carbocycles. The summed E-state index contributed by atoms with van der Waals surface area (Å²) in [6, 6.07) is 12.5. The lowest BCUT2D eigenvalue weighted by Gasteiger charge is -2.37. The van der Waals surface area contributed by atoms with E-state index in [1.807, 2.05) is 18.7 Å². The first-order valence-corrected chi connectivity index (χ1v) is 9.78. The first-order valence-electron chi connectivity index (χ1n) is 9.40. The summed E-state index contributed by atoms with van der Waals surface area (Å²) in [5.74, 6) is -1.72. The summed E-state index contributed by atoms with van der Waals surface area (Å²) >= 11 is 6.00. The number of hydrogen-bond acceptors (Lipinski definition) is 4. The molecule has 0 saturated carbocycles. The van der Waals surface area contributed by atoms with Crippen LogP contribution in [-0.4, -0.2) is 42.0 Å². The molecule has 2 aromatic rings. The van der Waals surface area contributed by atoms with Gasteiger partial charge in [-0.1, -0.05) is 35.9 Å². The monoisotopic (exact) mass is 414 g/mol. The number of ether oxygens (including phenoxy) is 1. The molecule has 0 aromatic heterocycles. The molecule has 2 atom stereocenters. The van der Waals surface area contributed by atoms with Gasteiger partial charge in [-0.25, -0.2) is 9.29 Å². The number of hydrogen-bond donors (Lipinski definition) is 0. The molecule has 1 saturated heterocycles. The Morgan fingerprint density at radius 2 is 1.59 bits per heavy atom. The first-order chi connectivity index (χ1) is 13.9. The molecule has 0 bridgehead atoms. The highest BCUT2D eigenvalue weighted by Crippen LogP contribution is 2.37. The number of carbonyl (C=O) groups excluding carboxylic acids is 2. The molecule has 1 fully saturated rings. The summed E-state index contributed by atoms with van der Waals surface area (Å²) in [6.07, 6.45) is -0.216. The Labute approximate surface area is 173 Å². The summed E-state index contributed by atoms with van der Waals surface area (Å²) in [4.78, 5) is 29.5. The average molecular weight is 415 g/mol. The van der Waals surface area contributed by atoms with Crippen LogP contribution in [-0.2, 0) is 14.3 Å². The molecular formula is C22H20ClFN2O3. The number of carbonyl (C=O) groups is 2. The van der Waals surface area contributed by atoms with Crippen LogP contribution in [0.1, 0.15) is 19.4 Å². The molecule has 7 heteroatoms. The van der Waals surface area contributed by atoms with Gasteiger partial charge < -0.3 is 9.64 Å². The van der Waals surface area contributed by atoms with Crippen molar-refractivity contribution in [3.05, 3.63) is 70.6 Å². The maximum absolute atomic E-state index is 14.4. The maximum Gasteiger partial charge on any atom is 0.282 e. The van der Waals surface area contributed by atoms with Crippen LogP contribution in [0.4, 0.5) is 10.1 Å². The number of halogens is 2. The fraction of sp³-hybridized carbons (Fsp3) is 0.273. The molecule has 29 heavy (non-hydrogen) atoms. The quantitative estimate of drug-likeness (QED) is 0.715. The van der Waals surface area contributed by atoms with E-state index in [9.17, 15) is 14.0 Å². The molecule has 0 N–H and O–H groups in total. The minimum absolute atomic E-state index is 0.0571. The van der Waals surface area contributed by atoms with Crippen LogP contribution in [0.3, 0.4) is 0 Å². The molecule has 4 rings (SSSR count). The summed E-state index contributed by atoms with van der Waals surface area (Å²) in [7, 11) is 0. The highest BCUT2D eigenvalue weighted by molar-refractivity contribution is 6.45. The lowest BCUT2D eigenvalue weighted by molar-refractivity contribution is -0.121. The van der Waals surface area contributed by atoms with Crippen LogP contribution < -0.4 is 4.90 Å². The molecule has 5 nitrogen and oxygen atoms in total. The van der Waals surface area contributed by atoms with Crippen molar-refractivity contribution in [3.63, 3.8) is 0 Å². The predicted molar refractivity (Wildman–Crippen MR) is 109 cm³/mol. The van der Waals surface area contributed by atoms with Gasteiger partial charge in [-0.05, 0) is 43.7 Å². The number of anilines is 1. The lowest BCUT2D eigenvalue weighted by atomic mass is 10.0. The zero-order valence-corrected chi connectivity index (χ0v) is 16.8. The largest absolute Gasteiger partial charge is 0.372 e. The second kappa shape index (κ2) is 7.61. The van der Waals surface area contributed by atoms with Gasteiger partial charge in [0.25, 0.3) is 11.8 Å². The van der Waals surface area contributed by atoms with Crippen molar-refractivity contribution >= 4 is 34.7 Å². The third-order valence-electron chi connectivity index (χ3n) is 5.02. The molecule has 2 aliphatic heterocycles. The van der Waals surface area contributed by atoms with Gasteiger partial charge in [0, 0.05) is 18.1 Å². The first kappa shape index (κ1) is 19.6. The SMILES string of the molecule is CC1CN(C2=C(c3ccc(Cl)cc3)C(=O)N(c3ccccc3F)C2=O)CC(C)O1. The van der Waals surface area contributed by atoms with E-state index in [-0.39, 0.29) is 29.2 Å². The average Bonchev–Trinajstić information content (AvgIpc) is 2.93. The van der Waals surface area contributed by atoms with Gasteiger partial charge >= 0.3 is 0 Å². The van der Waals surface area contributed by atoms with E-state index in [0.29, 0.717) is 23.7 Å². The summed E-state index contributed by atoms with van der Waals surface area (Å²) in [5.41, 5.74) is 1.02. The standard InChI is InChI=1S/C22H20ClFN2O3/c1-13-11-25(12-14(2)29-13)20-19(15-7-9-16(23)10-8-15)21(27)26(22(20)28)18-6-4-3-5-17(18)24/h3-10,13-14H,11-12H2,1-2H3. The highest BCUT2D eigenvalue weighted by Gasteiger charge is 2.44. The van der Waals surface area contributed by atoms with Crippen molar-refractivity contribution < 1.29 is 18.7 Å². The molecule has 2 amide bonds. The van der Waals surface area contributed by atoms with E-state index in [0.717, 1.165) is 4.90 Å². The van der Waals surface area contributed by atoms with E-state index in [1.54, 1.807) is 30.3 Å². The fourth-order valence-corrected chi connectivity index (χ4v) is 4.03. The Hall–Kier alpha value is -2.70. The second-order valence-corrected chi connectivity index (χ2v) is 7.73. The normalized spacial score (nSPS) is 22.6. The Bertz CT molecular complexity index is 995. The van der Waals surface area contributed by atoms with Crippen molar-refractivity contribution in [1.82, 2.24) is 4.90 Å². The summed E-state index contributed by atoms with van der Waals surface area (Å²) in [6.45, 7) is 4.75. The second-order valence-electron chi connectivity index (χ2n) is 7.29. The fourth-order valence-electron chi connectivity index (χ4n) is 3.90. The highest BCUT2D eigenvalue weighted by atomic mass is 35.5. The molecule has 2 unspecified atom stereocenters. The minimum Gasteiger partial charge on any atom is -0.372 e. The molecule has 150 valence electrons. The molecule has 2 heterocycles. The van der Waals surface area contributed by atoms with E-state index >= 15 is 0 Å². The van der Waals surface area contributed by atoms with Crippen molar-refractivity contribution in [2.24, 2.45) is 0 Å². The number of para-hydroxylation sites is 1. The number of imide groups is 1. The van der Waals surface area contributed by atoms with Gasteiger partial charge in [0.2, 0.25) is 0 Å². The van der Waals surface area contributed by atoms with Crippen LogP contribution in [0.15, 0.2) is 54.2 Å². The van der Waals surface area contributed by atoms with Crippen molar-refractivity contribution in [3.8, 4) is 0 Å². The Kier molecular flexibility index (Phi) is 5.15. The molecular weight excluding hydrogens is 395 g/mol. The van der Waals surface area contributed by atoms with Crippen LogP contribution in [0.2, 0.25) is 5.02 Å². The maximum atomic E-state index is 14.4. The van der Waals surface area contributed by atoms with Gasteiger partial charge in [-0.3, -0.25) is 9.59 Å². The topological polar surface area (TPSA) is 49.9 Å². The van der Waals surface area contributed by atoms with Crippen molar-refractivity contribution in [2.75, 3.05) is 18.0 Å². The van der Waals surface area contributed by atoms with Gasteiger partial charge in [0.15, 0.2) is 0 Å². The molecule has 0 spiro atoms. The van der Waals surface area contributed by atoms with Crippen LogP contribution >= 0.6 is 11.6 Å². The zero-order chi connectivity index (χ0) is 20.7. The Morgan fingerprint density at radius 3 is 2.21 bits per heavy atom. The van der Waals surface area contributed by atoms with E-state index in [4.69, 9.17) is 16.3 Å². The Morgan fingerprint density at radius 1 is 0.966 bits per heavy atom. The summed E-state index contributed by atoms with van der Waals surface area (Å²) in [5, 5.41) is 0.521. The molecule has 2 aliphatic rings. The molecule has 2 aromatic carbocycles. The number of morpholine rings is 1. The van der Waals surface area contributed by atoms with Gasteiger partial charge in [0.1, 0.15) is 11.5 Å². The number of amides is 2. The van der Waals surface area contributed by atoms with Crippen molar-refractivity contribution in [2.45, 2.75) is 26.1 Å². The van der Waals surface area contributed by atoms with E-state index in [2.05, 4.69) is 0 Å². The van der Waals surface area contributed by atoms with Crippen LogP contribution in [0, 0.1) is 5.82 Å². The lowest BCUT2D eigenvalue weighted by Crippen LogP contribution is -2.47. The number of nitrogens with zero attached hydrogens (tertiary/aromatic N) is 2. The third-order valence-corrected chi connectivity index (χ3v) is 5.27. The van der Waals surface area contributed by atoms with Crippen LogP contribution in [0.5, 0.6) is 0 Å².